The van der Waals surface area contributed by atoms with Gasteiger partial charge in [-0.3, -0.25) is 9.48 Å². The molecule has 168 valence electrons. The van der Waals surface area contributed by atoms with Gasteiger partial charge >= 0.3 is 0 Å². The minimum atomic E-state index is 0.101. The summed E-state index contributed by atoms with van der Waals surface area (Å²) in [5.74, 6) is 0.620. The molecule has 2 fully saturated rings. The molecule has 1 atom stereocenters. The minimum Gasteiger partial charge on any atom is -0.378 e. The van der Waals surface area contributed by atoms with Crippen molar-refractivity contribution in [3.8, 4) is 0 Å². The van der Waals surface area contributed by atoms with Crippen LogP contribution in [0.5, 0.6) is 0 Å². The van der Waals surface area contributed by atoms with Crippen molar-refractivity contribution in [2.75, 3.05) is 26.3 Å². The van der Waals surface area contributed by atoms with Crippen LogP contribution in [0.25, 0.3) is 0 Å². The highest BCUT2D eigenvalue weighted by atomic mass is 16.5. The second kappa shape index (κ2) is 10.3. The lowest BCUT2D eigenvalue weighted by atomic mass is 9.89. The molecule has 0 bridgehead atoms. The molecule has 0 spiro atoms. The number of aromatic nitrogens is 2. The Morgan fingerprint density at radius 2 is 1.77 bits per heavy atom. The van der Waals surface area contributed by atoms with Gasteiger partial charge in [0.25, 0.3) is 5.91 Å². The molecule has 1 aromatic rings. The van der Waals surface area contributed by atoms with E-state index in [1.807, 2.05) is 4.90 Å². The number of rotatable bonds is 5. The van der Waals surface area contributed by atoms with Crippen LogP contribution in [0.1, 0.15) is 87.0 Å². The molecule has 0 radical (unpaired) electrons. The maximum absolute atomic E-state index is 13.3. The van der Waals surface area contributed by atoms with E-state index in [4.69, 9.17) is 9.84 Å². The van der Waals surface area contributed by atoms with Crippen molar-refractivity contribution in [1.29, 1.82) is 0 Å². The highest BCUT2D eigenvalue weighted by molar-refractivity contribution is 5.94. The van der Waals surface area contributed by atoms with Crippen LogP contribution in [0.4, 0.5) is 0 Å². The fourth-order valence-electron chi connectivity index (χ4n) is 5.37. The van der Waals surface area contributed by atoms with E-state index >= 15 is 0 Å². The summed E-state index contributed by atoms with van der Waals surface area (Å²) >= 11 is 0. The topological polar surface area (TPSA) is 59.4 Å². The summed E-state index contributed by atoms with van der Waals surface area (Å²) < 4.78 is 7.59. The van der Waals surface area contributed by atoms with Gasteiger partial charge in [-0.15, -0.1) is 0 Å². The number of fused-ring (bicyclic) bond motifs is 1. The molecule has 1 aliphatic heterocycles. The van der Waals surface area contributed by atoms with Crippen molar-refractivity contribution in [3.63, 3.8) is 0 Å². The number of amides is 1. The fraction of sp³-hybridized carbons (Fsp3) is 0.833. The van der Waals surface area contributed by atoms with Crippen LogP contribution >= 0.6 is 0 Å². The third-order valence-electron chi connectivity index (χ3n) is 6.96. The number of ether oxygens (including phenoxy) is 1. The van der Waals surface area contributed by atoms with Crippen LogP contribution in [0, 0.1) is 5.92 Å². The second-order valence-corrected chi connectivity index (χ2v) is 9.90. The van der Waals surface area contributed by atoms with Gasteiger partial charge in [-0.1, -0.05) is 46.0 Å². The second-order valence-electron chi connectivity index (χ2n) is 9.90. The average molecular weight is 417 g/mol. The lowest BCUT2D eigenvalue weighted by molar-refractivity contribution is 0.0297. The van der Waals surface area contributed by atoms with Crippen LogP contribution in [-0.4, -0.2) is 59.0 Å². The number of nitrogens with one attached hydrogen (secondary N) is 1. The molecule has 30 heavy (non-hydrogen) atoms. The molecule has 1 saturated carbocycles. The Balaban J connectivity index is 1.51. The summed E-state index contributed by atoms with van der Waals surface area (Å²) in [4.78, 5) is 15.3. The van der Waals surface area contributed by atoms with E-state index in [9.17, 15) is 4.79 Å². The molecule has 1 saturated heterocycles. The van der Waals surface area contributed by atoms with E-state index in [1.54, 1.807) is 0 Å². The first kappa shape index (κ1) is 21.8. The van der Waals surface area contributed by atoms with Gasteiger partial charge in [-0.25, -0.2) is 0 Å². The van der Waals surface area contributed by atoms with E-state index in [-0.39, 0.29) is 5.91 Å². The van der Waals surface area contributed by atoms with Crippen LogP contribution < -0.4 is 5.32 Å². The van der Waals surface area contributed by atoms with Crippen LogP contribution in [0.3, 0.4) is 0 Å². The maximum Gasteiger partial charge on any atom is 0.274 e. The number of hydrogen-bond donors (Lipinski definition) is 1. The number of nitrogens with zero attached hydrogens (tertiary/aromatic N) is 3. The number of carbonyl (C=O) groups excluding carboxylic acids is 1. The molecular formula is C24H40N4O2. The third-order valence-corrected chi connectivity index (χ3v) is 6.96. The highest BCUT2D eigenvalue weighted by Crippen LogP contribution is 2.28. The number of hydrogen-bond acceptors (Lipinski definition) is 4. The first-order valence-electron chi connectivity index (χ1n) is 12.3. The van der Waals surface area contributed by atoms with Gasteiger partial charge in [-0.2, -0.15) is 5.10 Å². The quantitative estimate of drug-likeness (QED) is 0.797. The smallest absolute Gasteiger partial charge is 0.274 e. The molecule has 6 heteroatoms. The minimum absolute atomic E-state index is 0.101. The zero-order valence-corrected chi connectivity index (χ0v) is 19.0. The molecule has 4 rings (SSSR count). The van der Waals surface area contributed by atoms with Crippen LogP contribution in [0.15, 0.2) is 0 Å². The SMILES string of the molecule is CC(C)Cn1nc(C(=O)N2CCOCC2)c2c1CC[C@H](NC1CCCCCCC1)C2. The lowest BCUT2D eigenvalue weighted by Gasteiger charge is -2.31. The zero-order valence-electron chi connectivity index (χ0n) is 19.0. The van der Waals surface area contributed by atoms with Crippen molar-refractivity contribution in [3.05, 3.63) is 17.0 Å². The third kappa shape index (κ3) is 5.25. The molecule has 3 aliphatic rings. The Bertz CT molecular complexity index is 700. The van der Waals surface area contributed by atoms with Gasteiger partial charge in [0.1, 0.15) is 0 Å². The Labute approximate surface area is 181 Å². The predicted octanol–water partition coefficient (Wildman–Crippen LogP) is 3.57. The molecule has 2 aliphatic carbocycles. The van der Waals surface area contributed by atoms with Gasteiger partial charge in [0.2, 0.25) is 0 Å². The van der Waals surface area contributed by atoms with Crippen molar-refractivity contribution < 1.29 is 9.53 Å². The van der Waals surface area contributed by atoms with Crippen molar-refractivity contribution in [2.24, 2.45) is 5.92 Å². The normalized spacial score (nSPS) is 23.8. The molecule has 2 heterocycles. The Kier molecular flexibility index (Phi) is 7.47. The van der Waals surface area contributed by atoms with Gasteiger partial charge in [-0.05, 0) is 38.0 Å². The van der Waals surface area contributed by atoms with E-state index in [2.05, 4.69) is 23.8 Å². The van der Waals surface area contributed by atoms with Crippen molar-refractivity contribution in [1.82, 2.24) is 20.0 Å². The predicted molar refractivity (Wildman–Crippen MR) is 119 cm³/mol. The summed E-state index contributed by atoms with van der Waals surface area (Å²) in [6.07, 6.45) is 12.6. The molecule has 1 aromatic heterocycles. The molecule has 6 nitrogen and oxygen atoms in total. The lowest BCUT2D eigenvalue weighted by Crippen LogP contribution is -2.43. The molecule has 0 unspecified atom stereocenters. The summed E-state index contributed by atoms with van der Waals surface area (Å²) in [5.41, 5.74) is 3.22. The van der Waals surface area contributed by atoms with Crippen LogP contribution in [-0.2, 0) is 24.1 Å². The number of morpholine rings is 1. The summed E-state index contributed by atoms with van der Waals surface area (Å²) in [5, 5.41) is 8.85. The molecule has 1 N–H and O–H groups in total. The molecule has 0 aromatic carbocycles. The monoisotopic (exact) mass is 416 g/mol. The summed E-state index contributed by atoms with van der Waals surface area (Å²) in [6.45, 7) is 7.94. The van der Waals surface area contributed by atoms with Crippen LogP contribution in [0.2, 0.25) is 0 Å². The van der Waals surface area contributed by atoms with Crippen molar-refractivity contribution in [2.45, 2.75) is 96.7 Å². The maximum atomic E-state index is 13.3. The van der Waals surface area contributed by atoms with Gasteiger partial charge in [0.05, 0.1) is 13.2 Å². The van der Waals surface area contributed by atoms with E-state index < -0.39 is 0 Å². The Morgan fingerprint density at radius 3 is 2.47 bits per heavy atom. The Morgan fingerprint density at radius 1 is 1.07 bits per heavy atom. The first-order valence-corrected chi connectivity index (χ1v) is 12.3. The largest absolute Gasteiger partial charge is 0.378 e. The van der Waals surface area contributed by atoms with Gasteiger partial charge in [0.15, 0.2) is 5.69 Å². The highest BCUT2D eigenvalue weighted by Gasteiger charge is 2.32. The first-order chi connectivity index (χ1) is 14.6. The van der Waals surface area contributed by atoms with Crippen molar-refractivity contribution >= 4 is 5.91 Å². The number of carbonyl (C=O) groups is 1. The Hall–Kier alpha value is -1.40. The standard InChI is InChI=1S/C24H40N4O2/c1-18(2)17-28-22-11-10-20(25-19-8-6-4-3-5-7-9-19)16-21(22)23(26-28)24(29)27-12-14-30-15-13-27/h18-20,25H,3-17H2,1-2H3/t20-/m0/s1. The molecule has 1 amide bonds. The summed E-state index contributed by atoms with van der Waals surface area (Å²) in [6, 6.07) is 1.11. The van der Waals surface area contributed by atoms with Gasteiger partial charge in [0, 0.05) is 43.0 Å². The average Bonchev–Trinajstić information content (AvgIpc) is 3.07. The fourth-order valence-corrected chi connectivity index (χ4v) is 5.37. The zero-order chi connectivity index (χ0) is 20.9. The summed E-state index contributed by atoms with van der Waals surface area (Å²) in [7, 11) is 0. The van der Waals surface area contributed by atoms with Gasteiger partial charge < -0.3 is 15.0 Å². The molecular weight excluding hydrogens is 376 g/mol. The van der Waals surface area contributed by atoms with E-state index in [0.717, 1.165) is 25.8 Å². The van der Waals surface area contributed by atoms with E-state index in [1.165, 1.54) is 56.2 Å². The van der Waals surface area contributed by atoms with E-state index in [0.29, 0.717) is 50.0 Å².